The van der Waals surface area contributed by atoms with Gasteiger partial charge in [0.1, 0.15) is 0 Å². The predicted octanol–water partition coefficient (Wildman–Crippen LogP) is 3.96. The third-order valence-electron chi connectivity index (χ3n) is 4.89. The molecule has 0 saturated heterocycles. The summed E-state index contributed by atoms with van der Waals surface area (Å²) in [6.07, 6.45) is 6.82. The number of likely N-dealkylation sites (N-methyl/N-ethyl adjacent to an activating group) is 1. The predicted molar refractivity (Wildman–Crippen MR) is 84.7 cm³/mol. The van der Waals surface area contributed by atoms with Crippen molar-refractivity contribution in [1.82, 2.24) is 4.90 Å². The molecule has 1 fully saturated rings. The third kappa shape index (κ3) is 3.39. The molecule has 0 aromatic carbocycles. The lowest BCUT2D eigenvalue weighted by Crippen LogP contribution is -2.40. The van der Waals surface area contributed by atoms with Crippen molar-refractivity contribution >= 4 is 11.3 Å². The van der Waals surface area contributed by atoms with Crippen LogP contribution in [0.25, 0.3) is 0 Å². The van der Waals surface area contributed by atoms with E-state index in [-0.39, 0.29) is 0 Å². The first-order valence-electron chi connectivity index (χ1n) is 7.63. The van der Waals surface area contributed by atoms with Crippen molar-refractivity contribution in [1.29, 1.82) is 0 Å². The van der Waals surface area contributed by atoms with Crippen LogP contribution in [0.3, 0.4) is 0 Å². The molecule has 0 aliphatic heterocycles. The van der Waals surface area contributed by atoms with Gasteiger partial charge in [0, 0.05) is 17.5 Å². The molecule has 0 spiro atoms. The highest BCUT2D eigenvalue weighted by atomic mass is 32.1. The second kappa shape index (κ2) is 6.87. The van der Waals surface area contributed by atoms with Crippen molar-refractivity contribution in [3.05, 3.63) is 21.9 Å². The average molecular weight is 280 g/mol. The highest BCUT2D eigenvalue weighted by Gasteiger charge is 2.28. The molecule has 19 heavy (non-hydrogen) atoms. The van der Waals surface area contributed by atoms with Crippen molar-refractivity contribution in [2.24, 2.45) is 11.7 Å². The van der Waals surface area contributed by atoms with E-state index >= 15 is 0 Å². The highest BCUT2D eigenvalue weighted by Crippen LogP contribution is 2.34. The largest absolute Gasteiger partial charge is 0.329 e. The van der Waals surface area contributed by atoms with Crippen LogP contribution in [0.5, 0.6) is 0 Å². The van der Waals surface area contributed by atoms with Crippen LogP contribution in [0.1, 0.15) is 55.5 Å². The van der Waals surface area contributed by atoms with Gasteiger partial charge in [-0.25, -0.2) is 0 Å². The molecule has 1 aromatic heterocycles. The van der Waals surface area contributed by atoms with Crippen molar-refractivity contribution in [2.45, 2.75) is 58.0 Å². The summed E-state index contributed by atoms with van der Waals surface area (Å²) in [5.74, 6) is 0.962. The van der Waals surface area contributed by atoms with Gasteiger partial charge in [-0.3, -0.25) is 4.90 Å². The Balaban J connectivity index is 2.02. The number of hydrogen-bond donors (Lipinski definition) is 1. The molecular formula is C16H28N2S. The maximum atomic E-state index is 6.06. The summed E-state index contributed by atoms with van der Waals surface area (Å²) in [5.41, 5.74) is 7.46. The van der Waals surface area contributed by atoms with Crippen molar-refractivity contribution in [3.8, 4) is 0 Å². The zero-order chi connectivity index (χ0) is 13.8. The Bertz CT molecular complexity index is 380. The van der Waals surface area contributed by atoms with Crippen LogP contribution in [-0.4, -0.2) is 24.5 Å². The fraction of sp³-hybridized carbons (Fsp3) is 0.750. The van der Waals surface area contributed by atoms with Crippen LogP contribution in [-0.2, 0) is 0 Å². The van der Waals surface area contributed by atoms with E-state index in [0.29, 0.717) is 6.04 Å². The molecule has 1 aliphatic rings. The molecule has 2 rings (SSSR count). The number of rotatable bonds is 5. The van der Waals surface area contributed by atoms with Crippen LogP contribution in [0.2, 0.25) is 0 Å². The van der Waals surface area contributed by atoms with Gasteiger partial charge in [0.2, 0.25) is 0 Å². The molecular weight excluding hydrogens is 252 g/mol. The Morgan fingerprint density at radius 1 is 1.37 bits per heavy atom. The molecule has 1 saturated carbocycles. The SMILES string of the molecule is CCC1CCC(N(C)C(CN)c2sccc2C)CC1. The molecule has 3 heteroatoms. The van der Waals surface area contributed by atoms with E-state index in [2.05, 4.69) is 37.2 Å². The lowest BCUT2D eigenvalue weighted by Gasteiger charge is -2.38. The molecule has 1 heterocycles. The maximum absolute atomic E-state index is 6.06. The van der Waals surface area contributed by atoms with Crippen LogP contribution in [0.15, 0.2) is 11.4 Å². The lowest BCUT2D eigenvalue weighted by atomic mass is 9.83. The second-order valence-corrected chi connectivity index (χ2v) is 6.92. The summed E-state index contributed by atoms with van der Waals surface area (Å²) >= 11 is 1.86. The Labute approximate surface area is 122 Å². The number of thiophene rings is 1. The first kappa shape index (κ1) is 15.0. The molecule has 1 aliphatic carbocycles. The van der Waals surface area contributed by atoms with Gasteiger partial charge in [-0.2, -0.15) is 0 Å². The molecule has 1 aromatic rings. The monoisotopic (exact) mass is 280 g/mol. The fourth-order valence-corrected chi connectivity index (χ4v) is 4.49. The Hall–Kier alpha value is -0.380. The van der Waals surface area contributed by atoms with Crippen LogP contribution in [0, 0.1) is 12.8 Å². The van der Waals surface area contributed by atoms with Gasteiger partial charge in [0.25, 0.3) is 0 Å². The quantitative estimate of drug-likeness (QED) is 0.884. The summed E-state index contributed by atoms with van der Waals surface area (Å²) < 4.78 is 0. The van der Waals surface area contributed by atoms with Gasteiger partial charge in [0.15, 0.2) is 0 Å². The van der Waals surface area contributed by atoms with Gasteiger partial charge in [-0.1, -0.05) is 13.3 Å². The van der Waals surface area contributed by atoms with Gasteiger partial charge < -0.3 is 5.73 Å². The van der Waals surface area contributed by atoms with E-state index in [1.165, 1.54) is 42.5 Å². The molecule has 0 radical (unpaired) electrons. The van der Waals surface area contributed by atoms with Gasteiger partial charge in [0.05, 0.1) is 6.04 Å². The summed E-state index contributed by atoms with van der Waals surface area (Å²) in [4.78, 5) is 4.01. The summed E-state index contributed by atoms with van der Waals surface area (Å²) in [7, 11) is 2.27. The lowest BCUT2D eigenvalue weighted by molar-refractivity contribution is 0.123. The summed E-state index contributed by atoms with van der Waals surface area (Å²) in [5, 5.41) is 2.19. The minimum Gasteiger partial charge on any atom is -0.329 e. The second-order valence-electron chi connectivity index (χ2n) is 5.97. The summed E-state index contributed by atoms with van der Waals surface area (Å²) in [6, 6.07) is 3.34. The first-order valence-corrected chi connectivity index (χ1v) is 8.51. The molecule has 108 valence electrons. The molecule has 1 atom stereocenters. The van der Waals surface area contributed by atoms with E-state index < -0.39 is 0 Å². The summed E-state index contributed by atoms with van der Waals surface area (Å²) in [6.45, 7) is 5.26. The molecule has 2 nitrogen and oxygen atoms in total. The van der Waals surface area contributed by atoms with Gasteiger partial charge >= 0.3 is 0 Å². The Kier molecular flexibility index (Phi) is 5.43. The van der Waals surface area contributed by atoms with E-state index in [1.54, 1.807) is 0 Å². The normalized spacial score (nSPS) is 25.7. The minimum atomic E-state index is 0.406. The molecule has 0 bridgehead atoms. The molecule has 0 amide bonds. The van der Waals surface area contributed by atoms with Crippen LogP contribution >= 0.6 is 11.3 Å². The van der Waals surface area contributed by atoms with Crippen LogP contribution < -0.4 is 5.73 Å². The Morgan fingerprint density at radius 3 is 2.53 bits per heavy atom. The van der Waals surface area contributed by atoms with Crippen molar-refractivity contribution in [3.63, 3.8) is 0 Å². The zero-order valence-corrected chi connectivity index (χ0v) is 13.4. The fourth-order valence-electron chi connectivity index (χ4n) is 3.40. The van der Waals surface area contributed by atoms with Gasteiger partial charge in [-0.15, -0.1) is 11.3 Å². The van der Waals surface area contributed by atoms with E-state index in [4.69, 9.17) is 5.73 Å². The number of hydrogen-bond acceptors (Lipinski definition) is 3. The third-order valence-corrected chi connectivity index (χ3v) is 6.01. The topological polar surface area (TPSA) is 29.3 Å². The van der Waals surface area contributed by atoms with E-state index in [9.17, 15) is 0 Å². The van der Waals surface area contributed by atoms with Gasteiger partial charge in [-0.05, 0) is 62.6 Å². The number of aryl methyl sites for hydroxylation is 1. The smallest absolute Gasteiger partial charge is 0.0566 e. The average Bonchev–Trinajstić information content (AvgIpc) is 2.86. The van der Waals surface area contributed by atoms with E-state index in [1.807, 2.05) is 11.3 Å². The van der Waals surface area contributed by atoms with Crippen molar-refractivity contribution < 1.29 is 0 Å². The van der Waals surface area contributed by atoms with Crippen molar-refractivity contribution in [2.75, 3.05) is 13.6 Å². The Morgan fingerprint density at radius 2 is 2.05 bits per heavy atom. The number of nitrogens with two attached hydrogens (primary N) is 1. The highest BCUT2D eigenvalue weighted by molar-refractivity contribution is 7.10. The molecule has 1 unspecified atom stereocenters. The maximum Gasteiger partial charge on any atom is 0.0566 e. The van der Waals surface area contributed by atoms with Crippen LogP contribution in [0.4, 0.5) is 0 Å². The minimum absolute atomic E-state index is 0.406. The molecule has 2 N–H and O–H groups in total. The van der Waals surface area contributed by atoms with E-state index in [0.717, 1.165) is 18.5 Å². The zero-order valence-electron chi connectivity index (χ0n) is 12.6. The number of nitrogens with zero attached hydrogens (tertiary/aromatic N) is 1. The standard InChI is InChI=1S/C16H28N2S/c1-4-13-5-7-14(8-6-13)18(3)15(11-17)16-12(2)9-10-19-16/h9-10,13-15H,4-8,11,17H2,1-3H3. The first-order chi connectivity index (χ1) is 9.17.